The molecule has 5 nitrogen and oxygen atoms in total. The van der Waals surface area contributed by atoms with Gasteiger partial charge in [0.15, 0.2) is 0 Å². The molecule has 0 saturated carbocycles. The zero-order valence-corrected chi connectivity index (χ0v) is 7.34. The Bertz CT molecular complexity index is 283. The summed E-state index contributed by atoms with van der Waals surface area (Å²) in [6, 6.07) is 3.69. The lowest BCUT2D eigenvalue weighted by atomic mass is 10.2. The Morgan fingerprint density at radius 3 is 2.92 bits per heavy atom. The molecule has 0 unspecified atom stereocenters. The third kappa shape index (κ3) is 3.18. The fourth-order valence-electron chi connectivity index (χ4n) is 0.769. The second-order valence-electron chi connectivity index (χ2n) is 2.49. The molecule has 0 aliphatic carbocycles. The van der Waals surface area contributed by atoms with Gasteiger partial charge in [-0.15, -0.1) is 0 Å². The van der Waals surface area contributed by atoms with Crippen molar-refractivity contribution in [3.63, 3.8) is 0 Å². The van der Waals surface area contributed by atoms with Gasteiger partial charge in [0.1, 0.15) is 0 Å². The van der Waals surface area contributed by atoms with E-state index >= 15 is 0 Å². The molecular weight excluding hydrogens is 168 g/mol. The van der Waals surface area contributed by atoms with Gasteiger partial charge in [-0.1, -0.05) is 5.16 Å². The van der Waals surface area contributed by atoms with Crippen LogP contribution in [0.25, 0.3) is 0 Å². The first-order valence-electron chi connectivity index (χ1n) is 3.82. The number of nitrogens with two attached hydrogens (primary N) is 2. The highest BCUT2D eigenvalue weighted by Crippen LogP contribution is 1.98. The molecule has 1 heterocycles. The number of hydrogen-bond donors (Lipinski definition) is 2. The van der Waals surface area contributed by atoms with Crippen molar-refractivity contribution in [3.8, 4) is 0 Å². The largest absolute Gasteiger partial charge is 0.360 e. The molecule has 4 N–H and O–H groups in total. The molecule has 1 rings (SSSR count). The van der Waals surface area contributed by atoms with E-state index in [0.29, 0.717) is 5.71 Å². The lowest BCUT2D eigenvalue weighted by Gasteiger charge is -2.03. The number of rotatable bonds is 3. The maximum Gasteiger partial charge on any atom is 0.228 e. The Hall–Kier alpha value is -1.46. The molecule has 0 radical (unpaired) electrons. The fraction of sp³-hybridized carbons (Fsp3) is 0.250. The first kappa shape index (κ1) is 9.63. The Morgan fingerprint density at radius 2 is 2.38 bits per heavy atom. The molecule has 0 aromatic carbocycles. The van der Waals surface area contributed by atoms with Crippen molar-refractivity contribution in [2.75, 3.05) is 0 Å². The predicted octanol–water partition coefficient (Wildman–Crippen LogP) is 0.0232. The minimum atomic E-state index is -0.883. The summed E-state index contributed by atoms with van der Waals surface area (Å²) in [5, 5.41) is 3.72. The van der Waals surface area contributed by atoms with Crippen LogP contribution in [0.2, 0.25) is 0 Å². The van der Waals surface area contributed by atoms with E-state index in [1.54, 1.807) is 19.3 Å². The van der Waals surface area contributed by atoms with Gasteiger partial charge in [0, 0.05) is 18.0 Å². The summed E-state index contributed by atoms with van der Waals surface area (Å²) in [6.45, 7) is 1.79. The van der Waals surface area contributed by atoms with E-state index in [1.165, 1.54) is 0 Å². The quantitative estimate of drug-likeness (QED) is 0.390. The Balaban J connectivity index is 2.68. The van der Waals surface area contributed by atoms with Crippen molar-refractivity contribution in [1.29, 1.82) is 0 Å². The van der Waals surface area contributed by atoms with Crippen molar-refractivity contribution < 1.29 is 4.84 Å². The van der Waals surface area contributed by atoms with E-state index in [1.807, 2.05) is 12.1 Å². The summed E-state index contributed by atoms with van der Waals surface area (Å²) >= 11 is 0. The summed E-state index contributed by atoms with van der Waals surface area (Å²) in [5.41, 5.74) is 11.9. The number of oxime groups is 1. The lowest BCUT2D eigenvalue weighted by molar-refractivity contribution is 0.0686. The van der Waals surface area contributed by atoms with Crippen molar-refractivity contribution in [3.05, 3.63) is 30.1 Å². The molecule has 0 saturated heterocycles. The highest BCUT2D eigenvalue weighted by molar-refractivity contribution is 5.97. The van der Waals surface area contributed by atoms with Crippen LogP contribution < -0.4 is 11.5 Å². The highest BCUT2D eigenvalue weighted by atomic mass is 16.7. The minimum Gasteiger partial charge on any atom is -0.360 e. The van der Waals surface area contributed by atoms with Crippen LogP contribution in [0.1, 0.15) is 12.5 Å². The molecule has 0 fully saturated rings. The zero-order valence-electron chi connectivity index (χ0n) is 7.34. The number of hydrogen-bond acceptors (Lipinski definition) is 5. The normalized spacial score (nSPS) is 11.8. The SMILES string of the molecule is C/C(=N\OC(N)N)c1cccnc1. The molecule has 0 bridgehead atoms. The van der Waals surface area contributed by atoms with Gasteiger partial charge in [0.25, 0.3) is 0 Å². The summed E-state index contributed by atoms with van der Waals surface area (Å²) in [6.07, 6.45) is 2.49. The average Bonchev–Trinajstić information content (AvgIpc) is 2.15. The third-order valence-corrected chi connectivity index (χ3v) is 1.39. The zero-order chi connectivity index (χ0) is 9.68. The van der Waals surface area contributed by atoms with Gasteiger partial charge in [-0.3, -0.25) is 16.5 Å². The molecule has 1 aromatic heterocycles. The monoisotopic (exact) mass is 180 g/mol. The molecule has 0 aliphatic rings. The summed E-state index contributed by atoms with van der Waals surface area (Å²) < 4.78 is 0. The topological polar surface area (TPSA) is 86.5 Å². The minimum absolute atomic E-state index is 0.689. The Labute approximate surface area is 76.4 Å². The maximum atomic E-state index is 5.15. The van der Waals surface area contributed by atoms with Crippen LogP contribution >= 0.6 is 0 Å². The van der Waals surface area contributed by atoms with Crippen LogP contribution in [0.15, 0.2) is 29.7 Å². The van der Waals surface area contributed by atoms with Crippen molar-refractivity contribution in [2.24, 2.45) is 16.6 Å². The van der Waals surface area contributed by atoms with Gasteiger partial charge < -0.3 is 4.84 Å². The molecule has 13 heavy (non-hydrogen) atoms. The Kier molecular flexibility index (Phi) is 3.36. The number of aromatic nitrogens is 1. The number of pyridine rings is 1. The van der Waals surface area contributed by atoms with Gasteiger partial charge >= 0.3 is 0 Å². The highest BCUT2D eigenvalue weighted by Gasteiger charge is 1.97. The Morgan fingerprint density at radius 1 is 1.62 bits per heavy atom. The molecule has 1 aromatic rings. The van der Waals surface area contributed by atoms with Crippen LogP contribution in [0.3, 0.4) is 0 Å². The van der Waals surface area contributed by atoms with Crippen LogP contribution in [-0.2, 0) is 4.84 Å². The first-order chi connectivity index (χ1) is 6.20. The van der Waals surface area contributed by atoms with E-state index in [4.69, 9.17) is 11.5 Å². The summed E-state index contributed by atoms with van der Waals surface area (Å²) in [5.74, 6) is 0. The first-order valence-corrected chi connectivity index (χ1v) is 3.82. The summed E-state index contributed by atoms with van der Waals surface area (Å²) in [4.78, 5) is 8.61. The van der Waals surface area contributed by atoms with Crippen LogP contribution in [-0.4, -0.2) is 17.0 Å². The molecule has 0 aliphatic heterocycles. The van der Waals surface area contributed by atoms with Gasteiger partial charge in [-0.2, -0.15) is 0 Å². The predicted molar refractivity (Wildman–Crippen MR) is 49.7 cm³/mol. The van der Waals surface area contributed by atoms with Gasteiger partial charge in [0.2, 0.25) is 6.35 Å². The van der Waals surface area contributed by atoms with Gasteiger partial charge in [-0.05, 0) is 19.1 Å². The second-order valence-corrected chi connectivity index (χ2v) is 2.49. The van der Waals surface area contributed by atoms with Crippen LogP contribution in [0.4, 0.5) is 0 Å². The van der Waals surface area contributed by atoms with E-state index in [2.05, 4.69) is 15.0 Å². The van der Waals surface area contributed by atoms with Gasteiger partial charge in [0.05, 0.1) is 5.71 Å². The van der Waals surface area contributed by atoms with E-state index in [0.717, 1.165) is 5.56 Å². The molecular formula is C8H12N4O. The van der Waals surface area contributed by atoms with Crippen LogP contribution in [0, 0.1) is 0 Å². The number of nitrogens with zero attached hydrogens (tertiary/aromatic N) is 2. The van der Waals surface area contributed by atoms with Crippen molar-refractivity contribution in [2.45, 2.75) is 13.3 Å². The smallest absolute Gasteiger partial charge is 0.228 e. The molecule has 70 valence electrons. The maximum absolute atomic E-state index is 5.15. The van der Waals surface area contributed by atoms with E-state index in [9.17, 15) is 0 Å². The van der Waals surface area contributed by atoms with Gasteiger partial charge in [-0.25, -0.2) is 0 Å². The van der Waals surface area contributed by atoms with E-state index in [-0.39, 0.29) is 0 Å². The lowest BCUT2D eigenvalue weighted by Crippen LogP contribution is -2.32. The summed E-state index contributed by atoms with van der Waals surface area (Å²) in [7, 11) is 0. The van der Waals surface area contributed by atoms with E-state index < -0.39 is 6.35 Å². The molecule has 0 atom stereocenters. The van der Waals surface area contributed by atoms with Crippen LogP contribution in [0.5, 0.6) is 0 Å². The molecule has 0 spiro atoms. The third-order valence-electron chi connectivity index (χ3n) is 1.39. The fourth-order valence-corrected chi connectivity index (χ4v) is 0.769. The average molecular weight is 180 g/mol. The molecule has 0 amide bonds. The molecule has 5 heteroatoms. The standard InChI is InChI=1S/C8H12N4O/c1-6(12-13-8(9)10)7-3-2-4-11-5-7/h2-5,8H,9-10H2,1H3/b12-6+. The van der Waals surface area contributed by atoms with Crippen molar-refractivity contribution in [1.82, 2.24) is 4.98 Å². The van der Waals surface area contributed by atoms with Crippen molar-refractivity contribution >= 4 is 5.71 Å². The second kappa shape index (κ2) is 4.54.